The van der Waals surface area contributed by atoms with Gasteiger partial charge in [0.05, 0.1) is 12.0 Å². The molecular formula is C14H21N3O3. The van der Waals surface area contributed by atoms with Crippen molar-refractivity contribution in [1.29, 1.82) is 0 Å². The van der Waals surface area contributed by atoms with Crippen LogP contribution >= 0.6 is 0 Å². The third-order valence-electron chi connectivity index (χ3n) is 4.14. The fourth-order valence-electron chi connectivity index (χ4n) is 2.71. The molecule has 1 saturated heterocycles. The smallest absolute Gasteiger partial charge is 0.292 e. The molecule has 0 amide bonds. The molecule has 2 unspecified atom stereocenters. The Kier molecular flexibility index (Phi) is 4.44. The lowest BCUT2D eigenvalue weighted by atomic mass is 9.87. The maximum Gasteiger partial charge on any atom is 0.292 e. The normalized spacial score (nSPS) is 22.6. The molecule has 1 heterocycles. The Morgan fingerprint density at radius 3 is 2.90 bits per heavy atom. The molecule has 2 N–H and O–H groups in total. The minimum absolute atomic E-state index is 0.121. The Hall–Kier alpha value is -1.82. The van der Waals surface area contributed by atoms with E-state index in [9.17, 15) is 10.1 Å². The van der Waals surface area contributed by atoms with Crippen molar-refractivity contribution in [2.75, 3.05) is 31.6 Å². The van der Waals surface area contributed by atoms with Gasteiger partial charge in [0.1, 0.15) is 11.4 Å². The lowest BCUT2D eigenvalue weighted by molar-refractivity contribution is -0.384. The van der Waals surface area contributed by atoms with Crippen molar-refractivity contribution in [3.8, 4) is 5.75 Å². The van der Waals surface area contributed by atoms with Crippen molar-refractivity contribution in [1.82, 2.24) is 0 Å². The third-order valence-corrected chi connectivity index (χ3v) is 4.14. The average molecular weight is 279 g/mol. The number of benzene rings is 1. The van der Waals surface area contributed by atoms with Gasteiger partial charge >= 0.3 is 0 Å². The third kappa shape index (κ3) is 2.85. The van der Waals surface area contributed by atoms with Crippen LogP contribution in [0.2, 0.25) is 0 Å². The predicted octanol–water partition coefficient (Wildman–Crippen LogP) is 2.02. The molecule has 2 rings (SSSR count). The van der Waals surface area contributed by atoms with E-state index in [4.69, 9.17) is 10.5 Å². The zero-order valence-electron chi connectivity index (χ0n) is 11.9. The van der Waals surface area contributed by atoms with Gasteiger partial charge in [-0.05, 0) is 30.9 Å². The summed E-state index contributed by atoms with van der Waals surface area (Å²) in [5.41, 5.74) is 6.55. The molecular weight excluding hydrogens is 258 g/mol. The molecule has 20 heavy (non-hydrogen) atoms. The van der Waals surface area contributed by atoms with Gasteiger partial charge < -0.3 is 15.4 Å². The number of nitro groups is 1. The molecule has 1 fully saturated rings. The SMILES string of the molecule is COc1ccc([N+](=O)[O-])c(N2CCC(C)C(CN)C2)c1. The van der Waals surface area contributed by atoms with E-state index in [2.05, 4.69) is 11.8 Å². The van der Waals surface area contributed by atoms with Crippen molar-refractivity contribution < 1.29 is 9.66 Å². The van der Waals surface area contributed by atoms with Gasteiger partial charge in [-0.1, -0.05) is 6.92 Å². The standard InChI is InChI=1S/C14H21N3O3/c1-10-5-6-16(9-11(10)8-15)14-7-12(20-2)3-4-13(14)17(18)19/h3-4,7,10-11H,5-6,8-9,15H2,1-2H3. The molecule has 0 bridgehead atoms. The van der Waals surface area contributed by atoms with Gasteiger partial charge in [-0.15, -0.1) is 0 Å². The first-order valence-corrected chi connectivity index (χ1v) is 6.84. The van der Waals surface area contributed by atoms with Crippen molar-refractivity contribution in [3.63, 3.8) is 0 Å². The highest BCUT2D eigenvalue weighted by Crippen LogP contribution is 2.35. The van der Waals surface area contributed by atoms with Crippen LogP contribution in [0.5, 0.6) is 5.75 Å². The van der Waals surface area contributed by atoms with Crippen LogP contribution in [0.1, 0.15) is 13.3 Å². The van der Waals surface area contributed by atoms with Gasteiger partial charge in [0.2, 0.25) is 0 Å². The second-order valence-corrected chi connectivity index (χ2v) is 5.32. The maximum atomic E-state index is 11.2. The van der Waals surface area contributed by atoms with E-state index in [1.165, 1.54) is 6.07 Å². The molecule has 1 aromatic rings. The fraction of sp³-hybridized carbons (Fsp3) is 0.571. The quantitative estimate of drug-likeness (QED) is 0.673. The number of nitrogens with two attached hydrogens (primary N) is 1. The molecule has 2 atom stereocenters. The van der Waals surface area contributed by atoms with Crippen molar-refractivity contribution in [2.45, 2.75) is 13.3 Å². The van der Waals surface area contributed by atoms with Crippen LogP contribution in [-0.4, -0.2) is 31.7 Å². The first-order chi connectivity index (χ1) is 9.56. The summed E-state index contributed by atoms with van der Waals surface area (Å²) >= 11 is 0. The second-order valence-electron chi connectivity index (χ2n) is 5.32. The van der Waals surface area contributed by atoms with Gasteiger partial charge in [0, 0.05) is 25.2 Å². The molecule has 1 aliphatic rings. The van der Waals surface area contributed by atoms with E-state index in [0.717, 1.165) is 19.5 Å². The highest BCUT2D eigenvalue weighted by Gasteiger charge is 2.29. The Balaban J connectivity index is 2.32. The van der Waals surface area contributed by atoms with Crippen LogP contribution in [-0.2, 0) is 0 Å². The summed E-state index contributed by atoms with van der Waals surface area (Å²) in [5, 5.41) is 11.2. The number of hydrogen-bond donors (Lipinski definition) is 1. The van der Waals surface area contributed by atoms with Crippen LogP contribution in [0.4, 0.5) is 11.4 Å². The maximum absolute atomic E-state index is 11.2. The summed E-state index contributed by atoms with van der Waals surface area (Å²) in [6.45, 7) is 4.36. The van der Waals surface area contributed by atoms with Gasteiger partial charge in [0.15, 0.2) is 0 Å². The number of nitrogens with zero attached hydrogens (tertiary/aromatic N) is 2. The lowest BCUT2D eigenvalue weighted by Gasteiger charge is -2.37. The Morgan fingerprint density at radius 2 is 2.30 bits per heavy atom. The topological polar surface area (TPSA) is 81.6 Å². The summed E-state index contributed by atoms with van der Waals surface area (Å²) in [6.07, 6.45) is 0.996. The van der Waals surface area contributed by atoms with Crippen molar-refractivity contribution >= 4 is 11.4 Å². The molecule has 0 saturated carbocycles. The van der Waals surface area contributed by atoms with E-state index >= 15 is 0 Å². The van der Waals surface area contributed by atoms with Crippen molar-refractivity contribution in [2.24, 2.45) is 17.6 Å². The zero-order valence-corrected chi connectivity index (χ0v) is 11.9. The Morgan fingerprint density at radius 1 is 1.55 bits per heavy atom. The minimum atomic E-state index is -0.343. The predicted molar refractivity (Wildman–Crippen MR) is 78.2 cm³/mol. The first-order valence-electron chi connectivity index (χ1n) is 6.84. The summed E-state index contributed by atoms with van der Waals surface area (Å²) in [4.78, 5) is 12.9. The van der Waals surface area contributed by atoms with E-state index < -0.39 is 0 Å². The number of hydrogen-bond acceptors (Lipinski definition) is 5. The molecule has 110 valence electrons. The number of methoxy groups -OCH3 is 1. The highest BCUT2D eigenvalue weighted by atomic mass is 16.6. The number of piperidine rings is 1. The fourth-order valence-corrected chi connectivity index (χ4v) is 2.71. The summed E-state index contributed by atoms with van der Waals surface area (Å²) < 4.78 is 5.18. The van der Waals surface area contributed by atoms with Gasteiger partial charge in [-0.2, -0.15) is 0 Å². The van der Waals surface area contributed by atoms with Crippen LogP contribution in [0.3, 0.4) is 0 Å². The van der Waals surface area contributed by atoms with Crippen molar-refractivity contribution in [3.05, 3.63) is 28.3 Å². The second kappa shape index (κ2) is 6.09. The number of anilines is 1. The largest absolute Gasteiger partial charge is 0.497 e. The molecule has 0 aliphatic carbocycles. The molecule has 0 radical (unpaired) electrons. The Bertz CT molecular complexity index is 493. The summed E-state index contributed by atoms with van der Waals surface area (Å²) in [7, 11) is 1.56. The van der Waals surface area contributed by atoms with Crippen LogP contribution < -0.4 is 15.4 Å². The van der Waals surface area contributed by atoms with Gasteiger partial charge in [-0.25, -0.2) is 0 Å². The van der Waals surface area contributed by atoms with E-state index in [0.29, 0.717) is 29.8 Å². The molecule has 1 aliphatic heterocycles. The summed E-state index contributed by atoms with van der Waals surface area (Å²) in [5.74, 6) is 1.56. The van der Waals surface area contributed by atoms with E-state index in [-0.39, 0.29) is 10.6 Å². The molecule has 0 spiro atoms. The van der Waals surface area contributed by atoms with Gasteiger partial charge in [-0.3, -0.25) is 10.1 Å². The highest BCUT2D eigenvalue weighted by molar-refractivity contribution is 5.66. The number of ether oxygens (including phenoxy) is 1. The Labute approximate surface area is 118 Å². The monoisotopic (exact) mass is 279 g/mol. The first kappa shape index (κ1) is 14.6. The number of nitro benzene ring substituents is 1. The molecule has 6 heteroatoms. The molecule has 1 aromatic carbocycles. The van der Waals surface area contributed by atoms with Crippen LogP contribution in [0.15, 0.2) is 18.2 Å². The van der Waals surface area contributed by atoms with E-state index in [1.54, 1.807) is 19.2 Å². The van der Waals surface area contributed by atoms with Crippen LogP contribution in [0.25, 0.3) is 0 Å². The molecule has 0 aromatic heterocycles. The minimum Gasteiger partial charge on any atom is -0.497 e. The lowest BCUT2D eigenvalue weighted by Crippen LogP contribution is -2.42. The average Bonchev–Trinajstić information content (AvgIpc) is 2.47. The summed E-state index contributed by atoms with van der Waals surface area (Å²) in [6, 6.07) is 4.86. The number of rotatable bonds is 4. The zero-order chi connectivity index (χ0) is 14.7. The van der Waals surface area contributed by atoms with Gasteiger partial charge in [0.25, 0.3) is 5.69 Å². The molecule has 6 nitrogen and oxygen atoms in total. The van der Waals surface area contributed by atoms with Crippen LogP contribution in [0, 0.1) is 22.0 Å². The van der Waals surface area contributed by atoms with E-state index in [1.807, 2.05) is 0 Å².